The van der Waals surface area contributed by atoms with Crippen molar-refractivity contribution in [2.45, 2.75) is 19.4 Å². The van der Waals surface area contributed by atoms with E-state index in [2.05, 4.69) is 16.6 Å². The summed E-state index contributed by atoms with van der Waals surface area (Å²) in [6, 6.07) is -0.545. The fraction of sp³-hybridized carbons (Fsp3) is 0.625. The fourth-order valence-corrected chi connectivity index (χ4v) is 0.627. The van der Waals surface area contributed by atoms with Gasteiger partial charge in [-0.1, -0.05) is 11.8 Å². The smallest absolute Gasteiger partial charge is 0.308 e. The number of rotatable bonds is 3. The highest BCUT2D eigenvalue weighted by Crippen LogP contribution is 1.90. The Morgan fingerprint density at radius 2 is 2.42 bits per heavy atom. The summed E-state index contributed by atoms with van der Waals surface area (Å²) in [7, 11) is 0. The lowest BCUT2D eigenvalue weighted by Crippen LogP contribution is -2.23. The summed E-state index contributed by atoms with van der Waals surface area (Å²) in [5, 5.41) is 8.31. The zero-order valence-electron chi connectivity index (χ0n) is 7.04. The number of aliphatic hydroxyl groups is 1. The summed E-state index contributed by atoms with van der Waals surface area (Å²) in [5.41, 5.74) is 5.41. The summed E-state index contributed by atoms with van der Waals surface area (Å²) >= 11 is 0. The Kier molecular flexibility index (Phi) is 6.07. The normalized spacial score (nSPS) is 11.2. The van der Waals surface area contributed by atoms with Crippen LogP contribution in [0, 0.1) is 11.8 Å². The molecule has 0 aromatic carbocycles. The van der Waals surface area contributed by atoms with Gasteiger partial charge in [-0.2, -0.15) is 0 Å². The molecule has 0 rings (SSSR count). The van der Waals surface area contributed by atoms with Gasteiger partial charge in [-0.3, -0.25) is 4.79 Å². The molecule has 0 saturated heterocycles. The Balaban J connectivity index is 3.68. The largest absolute Gasteiger partial charge is 0.466 e. The minimum Gasteiger partial charge on any atom is -0.466 e. The van der Waals surface area contributed by atoms with E-state index in [1.165, 1.54) is 0 Å². The molecule has 3 N–H and O–H groups in total. The van der Waals surface area contributed by atoms with E-state index >= 15 is 0 Å². The molecule has 0 aliphatic carbocycles. The fourth-order valence-electron chi connectivity index (χ4n) is 0.627. The van der Waals surface area contributed by atoms with E-state index in [9.17, 15) is 4.79 Å². The molecule has 68 valence electrons. The summed E-state index contributed by atoms with van der Waals surface area (Å²) in [5.74, 6) is 4.50. The molecular formula is C8H13NO3. The van der Waals surface area contributed by atoms with Crippen molar-refractivity contribution in [2.75, 3.05) is 13.2 Å². The van der Waals surface area contributed by atoms with E-state index < -0.39 is 6.04 Å². The number of carbonyl (C=O) groups is 1. The van der Waals surface area contributed by atoms with Crippen molar-refractivity contribution in [1.82, 2.24) is 0 Å². The third kappa shape index (κ3) is 5.71. The van der Waals surface area contributed by atoms with Gasteiger partial charge >= 0.3 is 5.97 Å². The molecule has 0 radical (unpaired) electrons. The average molecular weight is 171 g/mol. The summed E-state index contributed by atoms with van der Waals surface area (Å²) < 4.78 is 4.64. The van der Waals surface area contributed by atoms with E-state index in [0.717, 1.165) is 0 Å². The van der Waals surface area contributed by atoms with Crippen LogP contribution in [0.2, 0.25) is 0 Å². The van der Waals surface area contributed by atoms with Crippen LogP contribution in [0.4, 0.5) is 0 Å². The van der Waals surface area contributed by atoms with Gasteiger partial charge in [0.05, 0.1) is 19.1 Å². The van der Waals surface area contributed by atoms with Crippen LogP contribution < -0.4 is 5.73 Å². The van der Waals surface area contributed by atoms with E-state index in [1.807, 2.05) is 0 Å². The Morgan fingerprint density at radius 1 is 1.75 bits per heavy atom. The monoisotopic (exact) mass is 171 g/mol. The van der Waals surface area contributed by atoms with E-state index in [4.69, 9.17) is 10.8 Å². The SMILES string of the molecule is CCOC(=O)CC(N)C#CCO. The first kappa shape index (κ1) is 11.0. The molecule has 12 heavy (non-hydrogen) atoms. The van der Waals surface area contributed by atoms with Crippen molar-refractivity contribution in [3.05, 3.63) is 0 Å². The Morgan fingerprint density at radius 3 is 2.92 bits per heavy atom. The number of nitrogens with two attached hydrogens (primary N) is 1. The van der Waals surface area contributed by atoms with Gasteiger partial charge in [-0.15, -0.1) is 0 Å². The minimum atomic E-state index is -0.545. The van der Waals surface area contributed by atoms with Gasteiger partial charge in [0.2, 0.25) is 0 Å². The van der Waals surface area contributed by atoms with Crippen molar-refractivity contribution in [3.8, 4) is 11.8 Å². The van der Waals surface area contributed by atoms with E-state index in [1.54, 1.807) is 6.92 Å². The number of aliphatic hydroxyl groups excluding tert-OH is 1. The molecule has 0 fully saturated rings. The zero-order valence-corrected chi connectivity index (χ0v) is 7.04. The third-order valence-electron chi connectivity index (χ3n) is 1.06. The molecule has 0 aliphatic rings. The molecule has 0 amide bonds. The van der Waals surface area contributed by atoms with Gasteiger partial charge in [-0.05, 0) is 6.92 Å². The molecule has 1 unspecified atom stereocenters. The van der Waals surface area contributed by atoms with Crippen molar-refractivity contribution in [1.29, 1.82) is 0 Å². The molecule has 0 saturated carbocycles. The molecule has 4 nitrogen and oxygen atoms in total. The highest BCUT2D eigenvalue weighted by atomic mass is 16.5. The number of hydrogen-bond acceptors (Lipinski definition) is 4. The predicted octanol–water partition coefficient (Wildman–Crippen LogP) is -0.737. The van der Waals surface area contributed by atoms with Gasteiger partial charge in [-0.25, -0.2) is 0 Å². The summed E-state index contributed by atoms with van der Waals surface area (Å²) in [6.07, 6.45) is 0.0703. The third-order valence-corrected chi connectivity index (χ3v) is 1.06. The van der Waals surface area contributed by atoms with Crippen LogP contribution in [0.5, 0.6) is 0 Å². The molecule has 0 aromatic heterocycles. The molecule has 4 heteroatoms. The molecule has 0 heterocycles. The first-order chi connectivity index (χ1) is 5.70. The number of carbonyl (C=O) groups excluding carboxylic acids is 1. The van der Waals surface area contributed by atoms with Crippen LogP contribution in [0.25, 0.3) is 0 Å². The Bertz CT molecular complexity index is 192. The Hall–Kier alpha value is -1.05. The number of esters is 1. The van der Waals surface area contributed by atoms with Crippen LogP contribution in [0.1, 0.15) is 13.3 Å². The quantitative estimate of drug-likeness (QED) is 0.433. The predicted molar refractivity (Wildman–Crippen MR) is 44.1 cm³/mol. The highest BCUT2D eigenvalue weighted by molar-refractivity contribution is 5.70. The van der Waals surface area contributed by atoms with Crippen molar-refractivity contribution < 1.29 is 14.6 Å². The lowest BCUT2D eigenvalue weighted by molar-refractivity contribution is -0.143. The van der Waals surface area contributed by atoms with Crippen LogP contribution in [-0.2, 0) is 9.53 Å². The summed E-state index contributed by atoms with van der Waals surface area (Å²) in [6.45, 7) is 1.83. The molecule has 0 bridgehead atoms. The average Bonchev–Trinajstić information content (AvgIpc) is 2.01. The number of ether oxygens (including phenoxy) is 1. The lowest BCUT2D eigenvalue weighted by atomic mass is 10.2. The zero-order chi connectivity index (χ0) is 9.40. The van der Waals surface area contributed by atoms with Crippen molar-refractivity contribution in [3.63, 3.8) is 0 Å². The van der Waals surface area contributed by atoms with Crippen LogP contribution in [0.3, 0.4) is 0 Å². The number of hydrogen-bond donors (Lipinski definition) is 2. The summed E-state index contributed by atoms with van der Waals surface area (Å²) in [4.78, 5) is 10.8. The van der Waals surface area contributed by atoms with E-state index in [-0.39, 0.29) is 19.0 Å². The minimum absolute atomic E-state index is 0.0703. The van der Waals surface area contributed by atoms with Gasteiger partial charge in [0, 0.05) is 0 Å². The van der Waals surface area contributed by atoms with Crippen LogP contribution in [0.15, 0.2) is 0 Å². The van der Waals surface area contributed by atoms with Crippen molar-refractivity contribution in [2.24, 2.45) is 5.73 Å². The molecule has 1 atom stereocenters. The topological polar surface area (TPSA) is 72.5 Å². The van der Waals surface area contributed by atoms with E-state index in [0.29, 0.717) is 6.61 Å². The van der Waals surface area contributed by atoms with Crippen LogP contribution in [-0.4, -0.2) is 30.3 Å². The standard InChI is InChI=1S/C8H13NO3/c1-2-12-8(11)6-7(9)4-3-5-10/h7,10H,2,5-6,9H2,1H3. The second kappa shape index (κ2) is 6.65. The van der Waals surface area contributed by atoms with Gasteiger partial charge in [0.15, 0.2) is 0 Å². The maximum atomic E-state index is 10.8. The molecule has 0 aromatic rings. The Labute approximate surface area is 71.7 Å². The van der Waals surface area contributed by atoms with Crippen LogP contribution >= 0.6 is 0 Å². The molecule has 0 spiro atoms. The van der Waals surface area contributed by atoms with Crippen molar-refractivity contribution >= 4 is 5.97 Å². The first-order valence-corrected chi connectivity index (χ1v) is 3.71. The second-order valence-electron chi connectivity index (χ2n) is 2.09. The maximum absolute atomic E-state index is 10.8. The van der Waals surface area contributed by atoms with Gasteiger partial charge in [0.1, 0.15) is 6.61 Å². The second-order valence-corrected chi connectivity index (χ2v) is 2.09. The molecule has 0 aliphatic heterocycles. The van der Waals surface area contributed by atoms with Gasteiger partial charge < -0.3 is 15.6 Å². The lowest BCUT2D eigenvalue weighted by Gasteiger charge is -2.02. The van der Waals surface area contributed by atoms with Gasteiger partial charge in [0.25, 0.3) is 0 Å². The first-order valence-electron chi connectivity index (χ1n) is 3.71. The molecular weight excluding hydrogens is 158 g/mol. The highest BCUT2D eigenvalue weighted by Gasteiger charge is 2.06. The maximum Gasteiger partial charge on any atom is 0.308 e.